The molecule has 10 heteroatoms. The number of fused-ring (bicyclic) bond motifs is 3. The predicted molar refractivity (Wildman–Crippen MR) is 206 cm³/mol. The number of benzene rings is 3. The fourth-order valence-corrected chi connectivity index (χ4v) is 5.45. The molecule has 0 fully saturated rings. The van der Waals surface area contributed by atoms with Crippen molar-refractivity contribution in [3.8, 4) is 29.8 Å². The highest BCUT2D eigenvalue weighted by Gasteiger charge is 2.11. The van der Waals surface area contributed by atoms with Crippen molar-refractivity contribution < 1.29 is 19.1 Å². The Morgan fingerprint density at radius 2 is 1.30 bits per heavy atom. The minimum Gasteiger partial charge on any atom is -0.462 e. The van der Waals surface area contributed by atoms with E-state index in [0.717, 1.165) is 49.7 Å². The highest BCUT2D eigenvalue weighted by atomic mass is 35.5. The zero-order chi connectivity index (χ0) is 38.1. The second-order valence-electron chi connectivity index (χ2n) is 11.8. The van der Waals surface area contributed by atoms with Crippen molar-refractivity contribution in [1.82, 2.24) is 15.0 Å². The van der Waals surface area contributed by atoms with E-state index < -0.39 is 0 Å². The number of nitrogens with zero attached hydrogens (tertiary/aromatic N) is 4. The molecule has 2 N–H and O–H groups in total. The van der Waals surface area contributed by atoms with E-state index in [-0.39, 0.29) is 22.7 Å². The third-order valence-electron chi connectivity index (χ3n) is 7.92. The number of aromatic nitrogens is 3. The van der Waals surface area contributed by atoms with E-state index in [1.807, 2.05) is 57.2 Å². The molecule has 0 saturated carbocycles. The van der Waals surface area contributed by atoms with Crippen LogP contribution in [0.3, 0.4) is 0 Å². The molecule has 6 aromatic rings. The molecule has 3 aromatic carbocycles. The third-order valence-corrected chi connectivity index (χ3v) is 8.21. The van der Waals surface area contributed by atoms with Crippen molar-refractivity contribution >= 4 is 51.2 Å². The normalized spacial score (nSPS) is 10.1. The molecule has 0 amide bonds. The van der Waals surface area contributed by atoms with Gasteiger partial charge in [-0.1, -0.05) is 47.4 Å². The van der Waals surface area contributed by atoms with Crippen LogP contribution in [0, 0.1) is 55.8 Å². The number of halogens is 1. The lowest BCUT2D eigenvalue weighted by Crippen LogP contribution is -2.05. The number of carbonyl (C=O) groups is 2. The van der Waals surface area contributed by atoms with Crippen LogP contribution in [-0.4, -0.2) is 40.1 Å². The molecule has 262 valence electrons. The maximum absolute atomic E-state index is 11.9. The zero-order valence-electron chi connectivity index (χ0n) is 29.8. The standard InChI is InChI=1S/C25H21N3O2.C18H13ClN2O2/c1-4-30-25(29)19-9-8-18(16(3)12-19)7-6-17-13-21-20-10-5-15(2)11-22(20)28-24(26)23(21)27-14-17;1-3-23-18(22)15-7-6-14(12(2)8-15)5-4-13-9-16(19)17(10-20)21-11-13/h5,8-14H,4H2,1-3H3,(H2,26,28);6-9,11H,3H2,1-2H3. The number of nitrogen functional groups attached to an aromatic ring is 1. The Labute approximate surface area is 312 Å². The Bertz CT molecular complexity index is 2570. The van der Waals surface area contributed by atoms with Gasteiger partial charge in [0.1, 0.15) is 11.6 Å². The van der Waals surface area contributed by atoms with Gasteiger partial charge in [0, 0.05) is 45.4 Å². The highest BCUT2D eigenvalue weighted by Crippen LogP contribution is 2.27. The first-order valence-electron chi connectivity index (χ1n) is 16.6. The first-order valence-corrected chi connectivity index (χ1v) is 17.0. The molecule has 0 aliphatic carbocycles. The summed E-state index contributed by atoms with van der Waals surface area (Å²) in [5.74, 6) is 12.0. The number of rotatable bonds is 4. The monoisotopic (exact) mass is 719 g/mol. The van der Waals surface area contributed by atoms with Gasteiger partial charge in [0.25, 0.3) is 0 Å². The number of nitrogens with two attached hydrogens (primary N) is 1. The van der Waals surface area contributed by atoms with Gasteiger partial charge < -0.3 is 15.2 Å². The topological polar surface area (TPSA) is 141 Å². The van der Waals surface area contributed by atoms with Gasteiger partial charge in [-0.3, -0.25) is 4.98 Å². The van der Waals surface area contributed by atoms with Gasteiger partial charge in [-0.25, -0.2) is 19.6 Å². The van der Waals surface area contributed by atoms with Crippen LogP contribution in [0.2, 0.25) is 5.02 Å². The van der Waals surface area contributed by atoms with E-state index in [9.17, 15) is 9.59 Å². The largest absolute Gasteiger partial charge is 0.462 e. The lowest BCUT2D eigenvalue weighted by Gasteiger charge is -2.07. The molecule has 0 aliphatic heterocycles. The summed E-state index contributed by atoms with van der Waals surface area (Å²) in [7, 11) is 0. The van der Waals surface area contributed by atoms with Crippen LogP contribution in [-0.2, 0) is 9.47 Å². The molecule has 0 atom stereocenters. The van der Waals surface area contributed by atoms with E-state index in [4.69, 9.17) is 32.1 Å². The summed E-state index contributed by atoms with van der Waals surface area (Å²) >= 11 is 5.92. The average molecular weight is 720 g/mol. The van der Waals surface area contributed by atoms with Gasteiger partial charge in [0.2, 0.25) is 0 Å². The smallest absolute Gasteiger partial charge is 0.338 e. The Morgan fingerprint density at radius 1 is 0.736 bits per heavy atom. The van der Waals surface area contributed by atoms with Gasteiger partial charge in [0.05, 0.1) is 34.9 Å². The fourth-order valence-electron chi connectivity index (χ4n) is 5.25. The summed E-state index contributed by atoms with van der Waals surface area (Å²) in [5, 5.41) is 11.0. The predicted octanol–water partition coefficient (Wildman–Crippen LogP) is 8.05. The van der Waals surface area contributed by atoms with Crippen molar-refractivity contribution in [1.29, 1.82) is 5.26 Å². The number of hydrogen-bond donors (Lipinski definition) is 1. The zero-order valence-corrected chi connectivity index (χ0v) is 30.6. The van der Waals surface area contributed by atoms with Crippen LogP contribution in [0.4, 0.5) is 5.82 Å². The van der Waals surface area contributed by atoms with Crippen LogP contribution in [0.15, 0.2) is 79.1 Å². The second kappa shape index (κ2) is 17.0. The Morgan fingerprint density at radius 3 is 1.83 bits per heavy atom. The van der Waals surface area contributed by atoms with E-state index in [1.54, 1.807) is 56.4 Å². The number of pyridine rings is 3. The molecule has 0 spiro atoms. The minimum atomic E-state index is -0.349. The first-order chi connectivity index (χ1) is 25.5. The van der Waals surface area contributed by atoms with Crippen LogP contribution >= 0.6 is 11.6 Å². The minimum absolute atomic E-state index is 0.173. The molecule has 0 bridgehead atoms. The molecule has 6 rings (SSSR count). The number of nitriles is 1. The molecule has 0 saturated heterocycles. The summed E-state index contributed by atoms with van der Waals surface area (Å²) in [5.41, 5.74) is 14.8. The number of hydrogen-bond acceptors (Lipinski definition) is 9. The summed E-state index contributed by atoms with van der Waals surface area (Å²) in [4.78, 5) is 36.5. The second-order valence-corrected chi connectivity index (χ2v) is 12.2. The van der Waals surface area contributed by atoms with Crippen molar-refractivity contribution in [2.75, 3.05) is 18.9 Å². The number of ether oxygens (including phenoxy) is 2. The van der Waals surface area contributed by atoms with Gasteiger partial charge in [-0.05, 0) is 106 Å². The van der Waals surface area contributed by atoms with Crippen LogP contribution in [0.5, 0.6) is 0 Å². The van der Waals surface area contributed by atoms with Crippen LogP contribution < -0.4 is 5.73 Å². The molecule has 9 nitrogen and oxygen atoms in total. The number of anilines is 1. The van der Waals surface area contributed by atoms with Gasteiger partial charge in [-0.15, -0.1) is 0 Å². The molecule has 0 unspecified atom stereocenters. The Balaban J connectivity index is 0.000000212. The highest BCUT2D eigenvalue weighted by molar-refractivity contribution is 6.31. The Kier molecular flexibility index (Phi) is 12.0. The molecule has 3 aromatic heterocycles. The van der Waals surface area contributed by atoms with Crippen LogP contribution in [0.25, 0.3) is 21.8 Å². The molecule has 53 heavy (non-hydrogen) atoms. The summed E-state index contributed by atoms with van der Waals surface area (Å²) in [6.45, 7) is 10.1. The summed E-state index contributed by atoms with van der Waals surface area (Å²) in [6, 6.07) is 22.1. The SMILES string of the molecule is CCOC(=O)c1ccc(C#Cc2cnc(C#N)c(Cl)c2)c(C)c1.CCOC(=O)c1ccc(C#Cc2cnc3c(N)nc4cc(C)ccc4c3c2)c(C)c1. The Hall–Kier alpha value is -6.73. The van der Waals surface area contributed by atoms with Crippen molar-refractivity contribution in [3.05, 3.63) is 140 Å². The molecule has 0 aliphatic rings. The number of aryl methyl sites for hydroxylation is 3. The number of esters is 2. The lowest BCUT2D eigenvalue weighted by atomic mass is 10.0. The molecule has 3 heterocycles. The molecular weight excluding hydrogens is 686 g/mol. The summed E-state index contributed by atoms with van der Waals surface area (Å²) < 4.78 is 10.0. The number of carbonyl (C=O) groups excluding carboxylic acids is 2. The maximum Gasteiger partial charge on any atom is 0.338 e. The van der Waals surface area contributed by atoms with E-state index >= 15 is 0 Å². The van der Waals surface area contributed by atoms with Gasteiger partial charge in [0.15, 0.2) is 11.5 Å². The van der Waals surface area contributed by atoms with Crippen molar-refractivity contribution in [3.63, 3.8) is 0 Å². The van der Waals surface area contributed by atoms with E-state index in [0.29, 0.717) is 41.2 Å². The fraction of sp³-hybridized carbons (Fsp3) is 0.163. The quantitative estimate of drug-likeness (QED) is 0.109. The third kappa shape index (κ3) is 9.15. The lowest BCUT2D eigenvalue weighted by molar-refractivity contribution is 0.0516. The molecule has 0 radical (unpaired) electrons. The van der Waals surface area contributed by atoms with E-state index in [2.05, 4.69) is 38.6 Å². The van der Waals surface area contributed by atoms with E-state index in [1.165, 1.54) is 6.20 Å². The van der Waals surface area contributed by atoms with Crippen LogP contribution in [0.1, 0.15) is 79.2 Å². The van der Waals surface area contributed by atoms with Crippen molar-refractivity contribution in [2.24, 2.45) is 0 Å². The average Bonchev–Trinajstić information content (AvgIpc) is 3.14. The maximum atomic E-state index is 11.9. The first kappa shape index (κ1) is 37.5. The van der Waals surface area contributed by atoms with Gasteiger partial charge in [-0.2, -0.15) is 5.26 Å². The summed E-state index contributed by atoms with van der Waals surface area (Å²) in [6.07, 6.45) is 3.20. The van der Waals surface area contributed by atoms with Gasteiger partial charge >= 0.3 is 11.9 Å². The molecular formula is C43H34ClN5O4. The van der Waals surface area contributed by atoms with Crippen molar-refractivity contribution in [2.45, 2.75) is 34.6 Å².